The number of alkyl carbamates (subject to hydrolysis) is 1. The second-order valence-electron chi connectivity index (χ2n) is 6.49. The molecule has 1 rings (SSSR count). The van der Waals surface area contributed by atoms with Crippen molar-refractivity contribution >= 4 is 12.1 Å². The summed E-state index contributed by atoms with van der Waals surface area (Å²) in [6.45, 7) is 5.70. The van der Waals surface area contributed by atoms with Crippen LogP contribution in [-0.2, 0) is 30.3 Å². The zero-order valence-corrected chi connectivity index (χ0v) is 15.9. The zero-order chi connectivity index (χ0) is 19.6. The van der Waals surface area contributed by atoms with Gasteiger partial charge in [0.1, 0.15) is 17.4 Å². The van der Waals surface area contributed by atoms with Crippen LogP contribution in [0.5, 0.6) is 0 Å². The average Bonchev–Trinajstić information content (AvgIpc) is 2.57. The molecule has 1 atom stereocenters. The fourth-order valence-electron chi connectivity index (χ4n) is 1.96. The van der Waals surface area contributed by atoms with E-state index in [0.717, 1.165) is 5.56 Å². The highest BCUT2D eigenvalue weighted by molar-refractivity contribution is 5.92. The number of hydrogen-bond donors (Lipinski definition) is 1. The first-order chi connectivity index (χ1) is 12.2. The number of amides is 1. The Morgan fingerprint density at radius 2 is 1.81 bits per heavy atom. The van der Waals surface area contributed by atoms with Gasteiger partial charge in [0.2, 0.25) is 0 Å². The molecule has 0 spiro atoms. The van der Waals surface area contributed by atoms with Gasteiger partial charge in [0, 0.05) is 7.11 Å². The van der Waals surface area contributed by atoms with Crippen LogP contribution >= 0.6 is 0 Å². The number of carbonyl (C=O) groups is 2. The molecule has 0 bridgehead atoms. The molecule has 0 aliphatic carbocycles. The summed E-state index contributed by atoms with van der Waals surface area (Å²) >= 11 is 0. The molecule has 26 heavy (non-hydrogen) atoms. The van der Waals surface area contributed by atoms with Crippen LogP contribution in [0.25, 0.3) is 0 Å². The summed E-state index contributed by atoms with van der Waals surface area (Å²) in [5.74, 6) is -0.708. The lowest BCUT2D eigenvalue weighted by atomic mass is 10.2. The van der Waals surface area contributed by atoms with Crippen molar-refractivity contribution in [1.29, 1.82) is 0 Å². The molecule has 0 radical (unpaired) electrons. The minimum absolute atomic E-state index is 0.0724. The van der Waals surface area contributed by atoms with Gasteiger partial charge in [-0.25, -0.2) is 9.59 Å². The molecule has 0 heterocycles. The normalized spacial score (nSPS) is 13.0. The van der Waals surface area contributed by atoms with Gasteiger partial charge in [0.05, 0.1) is 20.3 Å². The summed E-state index contributed by atoms with van der Waals surface area (Å²) in [6, 6.07) is 9.57. The fourth-order valence-corrected chi connectivity index (χ4v) is 1.96. The maximum atomic E-state index is 12.0. The van der Waals surface area contributed by atoms with E-state index >= 15 is 0 Å². The van der Waals surface area contributed by atoms with E-state index in [1.165, 1.54) is 20.3 Å². The van der Waals surface area contributed by atoms with Crippen molar-refractivity contribution in [3.05, 3.63) is 47.7 Å². The maximum absolute atomic E-state index is 12.0. The number of carbonyl (C=O) groups excluding carboxylic acids is 2. The lowest BCUT2D eigenvalue weighted by Crippen LogP contribution is -2.35. The SMILES string of the molecule is COC[C@@H](/C=C(\NC(=O)OC(C)(C)C)C(=O)OC)OCc1ccccc1. The van der Waals surface area contributed by atoms with Crippen LogP contribution < -0.4 is 5.32 Å². The Morgan fingerprint density at radius 1 is 1.15 bits per heavy atom. The van der Waals surface area contributed by atoms with Crippen LogP contribution in [0.1, 0.15) is 26.3 Å². The minimum Gasteiger partial charge on any atom is -0.464 e. The second-order valence-corrected chi connectivity index (χ2v) is 6.49. The van der Waals surface area contributed by atoms with Crippen molar-refractivity contribution < 1.29 is 28.5 Å². The number of nitrogens with one attached hydrogen (secondary N) is 1. The first-order valence-electron chi connectivity index (χ1n) is 8.19. The maximum Gasteiger partial charge on any atom is 0.412 e. The molecule has 1 N–H and O–H groups in total. The molecule has 7 nitrogen and oxygen atoms in total. The highest BCUT2D eigenvalue weighted by Crippen LogP contribution is 2.10. The first-order valence-corrected chi connectivity index (χ1v) is 8.19. The van der Waals surface area contributed by atoms with Gasteiger partial charge in [-0.1, -0.05) is 30.3 Å². The molecule has 1 amide bonds. The zero-order valence-electron chi connectivity index (χ0n) is 15.9. The number of esters is 1. The third-order valence-electron chi connectivity index (χ3n) is 3.03. The summed E-state index contributed by atoms with van der Waals surface area (Å²) in [5, 5.41) is 2.40. The van der Waals surface area contributed by atoms with Gasteiger partial charge < -0.3 is 18.9 Å². The van der Waals surface area contributed by atoms with E-state index in [1.807, 2.05) is 30.3 Å². The molecular weight excluding hydrogens is 338 g/mol. The summed E-state index contributed by atoms with van der Waals surface area (Å²) < 4.78 is 20.8. The van der Waals surface area contributed by atoms with E-state index < -0.39 is 23.8 Å². The van der Waals surface area contributed by atoms with Crippen LogP contribution in [0, 0.1) is 0 Å². The number of methoxy groups -OCH3 is 2. The van der Waals surface area contributed by atoms with Crippen LogP contribution in [0.2, 0.25) is 0 Å². The minimum atomic E-state index is -0.756. The quantitative estimate of drug-likeness (QED) is 0.563. The van der Waals surface area contributed by atoms with E-state index in [1.54, 1.807) is 20.8 Å². The monoisotopic (exact) mass is 365 g/mol. The largest absolute Gasteiger partial charge is 0.464 e. The number of benzene rings is 1. The van der Waals surface area contributed by atoms with Gasteiger partial charge in [-0.2, -0.15) is 0 Å². The molecule has 0 saturated heterocycles. The highest BCUT2D eigenvalue weighted by atomic mass is 16.6. The smallest absolute Gasteiger partial charge is 0.412 e. The van der Waals surface area contributed by atoms with E-state index in [-0.39, 0.29) is 12.3 Å². The fraction of sp³-hybridized carbons (Fsp3) is 0.474. The van der Waals surface area contributed by atoms with Crippen molar-refractivity contribution in [2.45, 2.75) is 39.1 Å². The second kappa shape index (κ2) is 10.6. The Labute approximate surface area is 154 Å². The first kappa shape index (κ1) is 21.7. The van der Waals surface area contributed by atoms with Gasteiger partial charge >= 0.3 is 12.1 Å². The topological polar surface area (TPSA) is 83.1 Å². The molecule has 7 heteroatoms. The third-order valence-corrected chi connectivity index (χ3v) is 3.03. The Hall–Kier alpha value is -2.38. The van der Waals surface area contributed by atoms with Crippen molar-refractivity contribution in [1.82, 2.24) is 5.32 Å². The molecule has 0 unspecified atom stereocenters. The van der Waals surface area contributed by atoms with Gasteiger partial charge in [0.15, 0.2) is 0 Å². The standard InChI is InChI=1S/C19H27NO6/c1-19(2,3)26-18(22)20-16(17(21)24-5)11-15(13-23-4)25-12-14-9-7-6-8-10-14/h6-11,15H,12-13H2,1-5H3,(H,20,22)/b16-11-/t15-/m1/s1. The van der Waals surface area contributed by atoms with E-state index in [4.69, 9.17) is 18.9 Å². The van der Waals surface area contributed by atoms with Crippen LogP contribution in [-0.4, -0.2) is 44.6 Å². The van der Waals surface area contributed by atoms with E-state index in [2.05, 4.69) is 5.32 Å². The van der Waals surface area contributed by atoms with Gasteiger partial charge in [-0.3, -0.25) is 5.32 Å². The summed E-state index contributed by atoms with van der Waals surface area (Å²) in [5.41, 5.74) is 0.208. The molecule has 0 fully saturated rings. The van der Waals surface area contributed by atoms with E-state index in [0.29, 0.717) is 6.61 Å². The van der Waals surface area contributed by atoms with Gasteiger partial charge in [-0.15, -0.1) is 0 Å². The predicted octanol–water partition coefficient (Wildman–Crippen LogP) is 2.80. The summed E-state index contributed by atoms with van der Waals surface area (Å²) in [6.07, 6.45) is 0.125. The molecule has 1 aromatic carbocycles. The Kier molecular flexibility index (Phi) is 8.81. The van der Waals surface area contributed by atoms with E-state index in [9.17, 15) is 9.59 Å². The van der Waals surface area contributed by atoms with Crippen LogP contribution in [0.4, 0.5) is 4.79 Å². The number of hydrogen-bond acceptors (Lipinski definition) is 6. The lowest BCUT2D eigenvalue weighted by Gasteiger charge is -2.21. The van der Waals surface area contributed by atoms with Crippen molar-refractivity contribution in [2.24, 2.45) is 0 Å². The predicted molar refractivity (Wildman–Crippen MR) is 96.4 cm³/mol. The average molecular weight is 365 g/mol. The Bertz CT molecular complexity index is 606. The summed E-state index contributed by atoms with van der Waals surface area (Å²) in [4.78, 5) is 23.9. The Morgan fingerprint density at radius 3 is 2.35 bits per heavy atom. The molecule has 0 aromatic heterocycles. The summed E-state index contributed by atoms with van der Waals surface area (Å²) in [7, 11) is 2.74. The highest BCUT2D eigenvalue weighted by Gasteiger charge is 2.21. The van der Waals surface area contributed by atoms with Crippen LogP contribution in [0.15, 0.2) is 42.1 Å². The molecule has 0 aliphatic rings. The van der Waals surface area contributed by atoms with Crippen molar-refractivity contribution in [3.8, 4) is 0 Å². The third kappa shape index (κ3) is 8.64. The molecule has 0 saturated carbocycles. The molecule has 0 aliphatic heterocycles. The van der Waals surface area contributed by atoms with Gasteiger partial charge in [-0.05, 0) is 32.4 Å². The molecule has 144 valence electrons. The van der Waals surface area contributed by atoms with Crippen molar-refractivity contribution in [2.75, 3.05) is 20.8 Å². The Balaban J connectivity index is 2.86. The lowest BCUT2D eigenvalue weighted by molar-refractivity contribution is -0.136. The van der Waals surface area contributed by atoms with Gasteiger partial charge in [0.25, 0.3) is 0 Å². The molecular formula is C19H27NO6. The van der Waals surface area contributed by atoms with Crippen molar-refractivity contribution in [3.63, 3.8) is 0 Å². The number of rotatable bonds is 8. The number of ether oxygens (including phenoxy) is 4. The van der Waals surface area contributed by atoms with Crippen LogP contribution in [0.3, 0.4) is 0 Å². The molecule has 1 aromatic rings.